The van der Waals surface area contributed by atoms with E-state index in [9.17, 15) is 14.4 Å². The molecule has 108 valence electrons. The second-order valence-corrected chi connectivity index (χ2v) is 5.21. The molecule has 1 aromatic heterocycles. The largest absolute Gasteiger partial charge is 0.481 e. The lowest BCUT2D eigenvalue weighted by Gasteiger charge is -2.30. The van der Waals surface area contributed by atoms with Crippen LogP contribution in [0.2, 0.25) is 0 Å². The number of hydrogen-bond acceptors (Lipinski definition) is 3. The Balaban J connectivity index is 2.18. The van der Waals surface area contributed by atoms with Crippen molar-refractivity contribution in [3.05, 3.63) is 23.5 Å². The molecule has 0 aliphatic carbocycles. The highest BCUT2D eigenvalue weighted by molar-refractivity contribution is 5.99. The molecule has 1 saturated heterocycles. The van der Waals surface area contributed by atoms with Gasteiger partial charge in [-0.05, 0) is 25.8 Å². The van der Waals surface area contributed by atoms with Gasteiger partial charge in [-0.2, -0.15) is 0 Å². The van der Waals surface area contributed by atoms with Gasteiger partial charge in [-0.25, -0.2) is 0 Å². The molecule has 0 radical (unpaired) electrons. The van der Waals surface area contributed by atoms with E-state index in [2.05, 4.69) is 0 Å². The van der Waals surface area contributed by atoms with Crippen molar-refractivity contribution >= 4 is 17.7 Å². The molecule has 1 unspecified atom stereocenters. The number of carboxylic acid groups (broad SMARTS) is 1. The smallest absolute Gasteiger partial charge is 0.308 e. The Hall–Kier alpha value is -2.11. The number of ketones is 1. The molecule has 2 rings (SSSR count). The Kier molecular flexibility index (Phi) is 3.92. The number of piperidine rings is 1. The summed E-state index contributed by atoms with van der Waals surface area (Å²) in [4.78, 5) is 36.3. The van der Waals surface area contributed by atoms with Crippen LogP contribution in [0.5, 0.6) is 0 Å². The quantitative estimate of drug-likeness (QED) is 0.841. The summed E-state index contributed by atoms with van der Waals surface area (Å²) in [5.74, 6) is -1.67. The zero-order chi connectivity index (χ0) is 14.9. The summed E-state index contributed by atoms with van der Waals surface area (Å²) in [5.41, 5.74) is 0.906. The van der Waals surface area contributed by atoms with Crippen molar-refractivity contribution < 1.29 is 19.5 Å². The van der Waals surface area contributed by atoms with Gasteiger partial charge in [-0.15, -0.1) is 0 Å². The molecule has 6 nitrogen and oxygen atoms in total. The Bertz CT molecular complexity index is 562. The molecule has 1 N–H and O–H groups in total. The van der Waals surface area contributed by atoms with E-state index in [1.165, 1.54) is 6.92 Å². The highest BCUT2D eigenvalue weighted by atomic mass is 16.4. The van der Waals surface area contributed by atoms with Crippen LogP contribution in [0.25, 0.3) is 0 Å². The number of amides is 1. The Labute approximate surface area is 117 Å². The van der Waals surface area contributed by atoms with Gasteiger partial charge in [0.2, 0.25) is 0 Å². The standard InChI is InChI=1S/C14H18N2O4/c1-9(17)11-6-12(15(2)7-11)13(18)16-5-3-4-10(8-16)14(19)20/h6-7,10H,3-5,8H2,1-2H3,(H,19,20). The van der Waals surface area contributed by atoms with Crippen molar-refractivity contribution in [1.82, 2.24) is 9.47 Å². The maximum Gasteiger partial charge on any atom is 0.308 e. The lowest BCUT2D eigenvalue weighted by molar-refractivity contribution is -0.143. The topological polar surface area (TPSA) is 79.6 Å². The van der Waals surface area contributed by atoms with E-state index in [1.807, 2.05) is 0 Å². The van der Waals surface area contributed by atoms with Gasteiger partial charge in [-0.3, -0.25) is 14.4 Å². The van der Waals surface area contributed by atoms with Gasteiger partial charge in [0, 0.05) is 31.9 Å². The van der Waals surface area contributed by atoms with E-state index in [4.69, 9.17) is 5.11 Å². The second-order valence-electron chi connectivity index (χ2n) is 5.21. The van der Waals surface area contributed by atoms with Crippen LogP contribution in [0.1, 0.15) is 40.6 Å². The third-order valence-electron chi connectivity index (χ3n) is 3.69. The van der Waals surface area contributed by atoms with Crippen molar-refractivity contribution in [2.45, 2.75) is 19.8 Å². The summed E-state index contributed by atoms with van der Waals surface area (Å²) in [6.45, 7) is 2.24. The zero-order valence-electron chi connectivity index (χ0n) is 11.6. The first-order chi connectivity index (χ1) is 9.40. The third-order valence-corrected chi connectivity index (χ3v) is 3.69. The van der Waals surface area contributed by atoms with Crippen LogP contribution < -0.4 is 0 Å². The third kappa shape index (κ3) is 2.74. The van der Waals surface area contributed by atoms with Crippen molar-refractivity contribution in [1.29, 1.82) is 0 Å². The lowest BCUT2D eigenvalue weighted by atomic mass is 9.98. The molecule has 1 aliphatic rings. The molecule has 1 amide bonds. The van der Waals surface area contributed by atoms with Crippen molar-refractivity contribution in [2.75, 3.05) is 13.1 Å². The second kappa shape index (κ2) is 5.48. The minimum atomic E-state index is -0.862. The van der Waals surface area contributed by atoms with Crippen molar-refractivity contribution in [3.63, 3.8) is 0 Å². The molecular formula is C14H18N2O4. The lowest BCUT2D eigenvalue weighted by Crippen LogP contribution is -2.42. The van der Waals surface area contributed by atoms with Crippen molar-refractivity contribution in [3.8, 4) is 0 Å². The number of aryl methyl sites for hydroxylation is 1. The van der Waals surface area contributed by atoms with Crippen LogP contribution in [0, 0.1) is 5.92 Å². The predicted octanol–water partition coefficient (Wildman–Crippen LogP) is 1.16. The number of aromatic nitrogens is 1. The summed E-state index contributed by atoms with van der Waals surface area (Å²) in [5, 5.41) is 9.05. The molecule has 0 bridgehead atoms. The SMILES string of the molecule is CC(=O)c1cc(C(=O)N2CCCC(C(=O)O)C2)n(C)c1. The zero-order valence-corrected chi connectivity index (χ0v) is 11.6. The minimum absolute atomic E-state index is 0.0956. The van der Waals surface area contributed by atoms with Crippen molar-refractivity contribution in [2.24, 2.45) is 13.0 Å². The van der Waals surface area contributed by atoms with E-state index in [-0.39, 0.29) is 18.2 Å². The normalized spacial score (nSPS) is 18.9. The van der Waals surface area contributed by atoms with Crippen LogP contribution in [0.4, 0.5) is 0 Å². The Morgan fingerprint density at radius 1 is 1.35 bits per heavy atom. The molecule has 1 fully saturated rings. The van der Waals surface area contributed by atoms with E-state index >= 15 is 0 Å². The van der Waals surface area contributed by atoms with E-state index in [0.717, 1.165) is 0 Å². The first-order valence-electron chi connectivity index (χ1n) is 6.59. The summed E-state index contributed by atoms with van der Waals surface area (Å²) < 4.78 is 1.61. The van der Waals surface area contributed by atoms with Gasteiger partial charge >= 0.3 is 5.97 Å². The predicted molar refractivity (Wildman–Crippen MR) is 71.7 cm³/mol. The molecule has 1 aromatic rings. The molecule has 6 heteroatoms. The van der Waals surface area contributed by atoms with Gasteiger partial charge < -0.3 is 14.6 Å². The number of Topliss-reactive ketones (excluding diaryl/α,β-unsaturated/α-hetero) is 1. The monoisotopic (exact) mass is 278 g/mol. The van der Waals surface area contributed by atoms with E-state index in [1.54, 1.807) is 28.8 Å². The summed E-state index contributed by atoms with van der Waals surface area (Å²) in [6, 6.07) is 1.56. The number of carboxylic acids is 1. The van der Waals surface area contributed by atoms with E-state index < -0.39 is 11.9 Å². The van der Waals surface area contributed by atoms with Crippen LogP contribution in [-0.2, 0) is 11.8 Å². The molecule has 2 heterocycles. The first kappa shape index (κ1) is 14.3. The van der Waals surface area contributed by atoms with Crippen LogP contribution in [0.15, 0.2) is 12.3 Å². The Morgan fingerprint density at radius 2 is 2.05 bits per heavy atom. The number of nitrogens with zero attached hydrogens (tertiary/aromatic N) is 2. The number of likely N-dealkylation sites (tertiary alicyclic amines) is 1. The number of aliphatic carboxylic acids is 1. The highest BCUT2D eigenvalue weighted by Gasteiger charge is 2.29. The highest BCUT2D eigenvalue weighted by Crippen LogP contribution is 2.19. The average Bonchev–Trinajstić information content (AvgIpc) is 2.80. The number of carbonyl (C=O) groups is 3. The maximum absolute atomic E-state index is 12.4. The molecule has 20 heavy (non-hydrogen) atoms. The van der Waals surface area contributed by atoms with E-state index in [0.29, 0.717) is 30.6 Å². The van der Waals surface area contributed by atoms with Gasteiger partial charge in [0.05, 0.1) is 5.92 Å². The first-order valence-corrected chi connectivity index (χ1v) is 6.59. The van der Waals surface area contributed by atoms with Crippen LogP contribution >= 0.6 is 0 Å². The summed E-state index contributed by atoms with van der Waals surface area (Å²) in [7, 11) is 1.71. The maximum atomic E-state index is 12.4. The molecule has 1 atom stereocenters. The summed E-state index contributed by atoms with van der Waals surface area (Å²) in [6.07, 6.45) is 2.91. The fourth-order valence-electron chi connectivity index (χ4n) is 2.49. The molecule has 0 spiro atoms. The van der Waals surface area contributed by atoms with Gasteiger partial charge in [-0.1, -0.05) is 0 Å². The average molecular weight is 278 g/mol. The molecule has 1 aliphatic heterocycles. The van der Waals surface area contributed by atoms with Gasteiger partial charge in [0.25, 0.3) is 5.91 Å². The molecular weight excluding hydrogens is 260 g/mol. The number of rotatable bonds is 3. The molecule has 0 saturated carbocycles. The minimum Gasteiger partial charge on any atom is -0.481 e. The van der Waals surface area contributed by atoms with Crippen LogP contribution in [-0.4, -0.2) is 45.3 Å². The fourth-order valence-corrected chi connectivity index (χ4v) is 2.49. The molecule has 0 aromatic carbocycles. The Morgan fingerprint density at radius 3 is 2.60 bits per heavy atom. The number of hydrogen-bond donors (Lipinski definition) is 1. The number of carbonyl (C=O) groups excluding carboxylic acids is 2. The fraction of sp³-hybridized carbons (Fsp3) is 0.500. The van der Waals surface area contributed by atoms with Crippen LogP contribution in [0.3, 0.4) is 0 Å². The van der Waals surface area contributed by atoms with Gasteiger partial charge in [0.1, 0.15) is 5.69 Å². The van der Waals surface area contributed by atoms with Gasteiger partial charge in [0.15, 0.2) is 5.78 Å². The summed E-state index contributed by atoms with van der Waals surface area (Å²) >= 11 is 0.